The molecule has 0 fully saturated rings. The van der Waals surface area contributed by atoms with Crippen LogP contribution in [-0.4, -0.2) is 42.3 Å². The van der Waals surface area contributed by atoms with Gasteiger partial charge in [0.05, 0.1) is 0 Å². The number of carbonyl (C=O) groups is 1. The maximum Gasteiger partial charge on any atom is 0.317 e. The molecule has 1 N–H and O–H groups in total. The van der Waals surface area contributed by atoms with Crippen LogP contribution in [0.3, 0.4) is 0 Å². The molecule has 0 bridgehead atoms. The van der Waals surface area contributed by atoms with E-state index in [2.05, 4.69) is 12.2 Å². The van der Waals surface area contributed by atoms with Gasteiger partial charge in [0.1, 0.15) is 0 Å². The molecule has 0 saturated carbocycles. The summed E-state index contributed by atoms with van der Waals surface area (Å²) < 4.78 is 0. The molecule has 0 aromatic rings. The lowest BCUT2D eigenvalue weighted by Crippen LogP contribution is -2.42. The first-order valence-electron chi connectivity index (χ1n) is 5.41. The van der Waals surface area contributed by atoms with Crippen molar-refractivity contribution in [3.05, 3.63) is 0 Å². The van der Waals surface area contributed by atoms with E-state index in [0.29, 0.717) is 24.8 Å². The summed E-state index contributed by atoms with van der Waals surface area (Å²) in [5.41, 5.74) is 0. The Morgan fingerprint density at radius 1 is 1.20 bits per heavy atom. The van der Waals surface area contributed by atoms with E-state index in [-0.39, 0.29) is 6.03 Å². The number of halogens is 2. The summed E-state index contributed by atoms with van der Waals surface area (Å²) in [6, 6.07) is -0.0331. The lowest BCUT2D eigenvalue weighted by atomic mass is 10.3. The fourth-order valence-electron chi connectivity index (χ4n) is 1.14. The van der Waals surface area contributed by atoms with Gasteiger partial charge in [-0.1, -0.05) is 13.3 Å². The molecule has 3 nitrogen and oxygen atoms in total. The minimum atomic E-state index is -0.0331. The molecule has 0 aromatic heterocycles. The molecule has 0 spiro atoms. The van der Waals surface area contributed by atoms with Gasteiger partial charge >= 0.3 is 6.03 Å². The van der Waals surface area contributed by atoms with Gasteiger partial charge in [0.25, 0.3) is 0 Å². The second-order valence-electron chi connectivity index (χ2n) is 3.30. The molecular formula is C10H20Cl2N2O. The summed E-state index contributed by atoms with van der Waals surface area (Å²) in [4.78, 5) is 13.4. The van der Waals surface area contributed by atoms with Crippen molar-refractivity contribution < 1.29 is 4.79 Å². The first-order valence-corrected chi connectivity index (χ1v) is 6.47. The van der Waals surface area contributed by atoms with Gasteiger partial charge in [-0.3, -0.25) is 0 Å². The molecule has 0 aliphatic rings. The second kappa shape index (κ2) is 10.4. The number of nitrogens with zero attached hydrogens (tertiary/aromatic N) is 1. The second-order valence-corrected chi connectivity index (χ2v) is 4.06. The Hall–Kier alpha value is -0.150. The molecule has 0 aliphatic carbocycles. The number of carbonyl (C=O) groups excluding carboxylic acids is 1. The van der Waals surface area contributed by atoms with Crippen molar-refractivity contribution in [1.82, 2.24) is 10.2 Å². The van der Waals surface area contributed by atoms with Crippen LogP contribution < -0.4 is 5.32 Å². The molecule has 15 heavy (non-hydrogen) atoms. The third-order valence-corrected chi connectivity index (χ3v) is 2.45. The number of urea groups is 1. The lowest BCUT2D eigenvalue weighted by Gasteiger charge is -2.21. The third-order valence-electron chi connectivity index (χ3n) is 2.01. The Morgan fingerprint density at radius 3 is 2.47 bits per heavy atom. The van der Waals surface area contributed by atoms with E-state index in [1.807, 2.05) is 0 Å². The standard InChI is InChI=1S/C10H20Cl2N2O/c1-2-3-8-14(9-6-12)10(15)13-7-4-5-11/h2-9H2,1H3,(H,13,15). The zero-order chi connectivity index (χ0) is 11.5. The number of alkyl halides is 2. The fourth-order valence-corrected chi connectivity index (χ4v) is 1.48. The Balaban J connectivity index is 3.81. The van der Waals surface area contributed by atoms with Crippen LogP contribution in [0.1, 0.15) is 26.2 Å². The summed E-state index contributed by atoms with van der Waals surface area (Å²) in [6.45, 7) is 4.11. The molecule has 0 aromatic carbocycles. The van der Waals surface area contributed by atoms with Gasteiger partial charge < -0.3 is 10.2 Å². The van der Waals surface area contributed by atoms with Crippen molar-refractivity contribution in [2.45, 2.75) is 26.2 Å². The first-order chi connectivity index (χ1) is 7.26. The summed E-state index contributed by atoms with van der Waals surface area (Å²) in [5.74, 6) is 1.05. The van der Waals surface area contributed by atoms with E-state index in [9.17, 15) is 4.79 Å². The minimum Gasteiger partial charge on any atom is -0.338 e. The molecule has 0 saturated heterocycles. The lowest BCUT2D eigenvalue weighted by molar-refractivity contribution is 0.200. The zero-order valence-corrected chi connectivity index (χ0v) is 10.8. The maximum absolute atomic E-state index is 11.6. The highest BCUT2D eigenvalue weighted by Crippen LogP contribution is 1.97. The monoisotopic (exact) mass is 254 g/mol. The Labute approximate surface area is 102 Å². The first kappa shape index (κ1) is 14.8. The number of amides is 2. The predicted octanol–water partition coefficient (Wildman–Crippen LogP) is 2.67. The van der Waals surface area contributed by atoms with Gasteiger partial charge in [-0.15, -0.1) is 23.2 Å². The smallest absolute Gasteiger partial charge is 0.317 e. The van der Waals surface area contributed by atoms with E-state index in [0.717, 1.165) is 25.8 Å². The molecular weight excluding hydrogens is 235 g/mol. The van der Waals surface area contributed by atoms with Crippen LogP contribution in [0.15, 0.2) is 0 Å². The average Bonchev–Trinajstić information content (AvgIpc) is 2.24. The molecule has 0 unspecified atom stereocenters. The zero-order valence-electron chi connectivity index (χ0n) is 9.27. The van der Waals surface area contributed by atoms with Crippen molar-refractivity contribution in [1.29, 1.82) is 0 Å². The highest BCUT2D eigenvalue weighted by Gasteiger charge is 2.10. The van der Waals surface area contributed by atoms with E-state index in [1.54, 1.807) is 4.90 Å². The fraction of sp³-hybridized carbons (Fsp3) is 0.900. The summed E-state index contributed by atoms with van der Waals surface area (Å²) in [5, 5.41) is 2.82. The average molecular weight is 255 g/mol. The molecule has 0 radical (unpaired) electrons. The van der Waals surface area contributed by atoms with Crippen LogP contribution in [0.5, 0.6) is 0 Å². The van der Waals surface area contributed by atoms with Crippen molar-refractivity contribution in [2.75, 3.05) is 31.4 Å². The van der Waals surface area contributed by atoms with Gasteiger partial charge in [0.15, 0.2) is 0 Å². The molecule has 0 atom stereocenters. The predicted molar refractivity (Wildman–Crippen MR) is 65.9 cm³/mol. The SMILES string of the molecule is CCCCN(CCCl)C(=O)NCCCCl. The Kier molecular flexibility index (Phi) is 10.3. The highest BCUT2D eigenvalue weighted by atomic mass is 35.5. The van der Waals surface area contributed by atoms with Crippen LogP contribution in [0.25, 0.3) is 0 Å². The van der Waals surface area contributed by atoms with Crippen LogP contribution in [0.4, 0.5) is 4.79 Å². The van der Waals surface area contributed by atoms with Gasteiger partial charge in [-0.05, 0) is 12.8 Å². The van der Waals surface area contributed by atoms with Gasteiger partial charge in [-0.25, -0.2) is 4.79 Å². The van der Waals surface area contributed by atoms with E-state index in [4.69, 9.17) is 23.2 Å². The number of nitrogens with one attached hydrogen (secondary N) is 1. The van der Waals surface area contributed by atoms with Crippen molar-refractivity contribution in [2.24, 2.45) is 0 Å². The number of hydrogen-bond donors (Lipinski definition) is 1. The van der Waals surface area contributed by atoms with Gasteiger partial charge in [0, 0.05) is 31.4 Å². The Bertz CT molecular complexity index is 168. The van der Waals surface area contributed by atoms with Crippen LogP contribution >= 0.6 is 23.2 Å². The summed E-state index contributed by atoms with van der Waals surface area (Å²) in [7, 11) is 0. The van der Waals surface area contributed by atoms with Gasteiger partial charge in [0.2, 0.25) is 0 Å². The molecule has 2 amide bonds. The molecule has 5 heteroatoms. The summed E-state index contributed by atoms with van der Waals surface area (Å²) in [6.07, 6.45) is 2.89. The van der Waals surface area contributed by atoms with Crippen LogP contribution in [0.2, 0.25) is 0 Å². The summed E-state index contributed by atoms with van der Waals surface area (Å²) >= 11 is 11.2. The van der Waals surface area contributed by atoms with E-state index in [1.165, 1.54) is 0 Å². The number of rotatable bonds is 8. The normalized spacial score (nSPS) is 10.1. The van der Waals surface area contributed by atoms with Crippen molar-refractivity contribution >= 4 is 29.2 Å². The third kappa shape index (κ3) is 7.74. The number of unbranched alkanes of at least 4 members (excludes halogenated alkanes) is 1. The molecule has 0 heterocycles. The largest absolute Gasteiger partial charge is 0.338 e. The highest BCUT2D eigenvalue weighted by molar-refractivity contribution is 6.18. The molecule has 90 valence electrons. The van der Waals surface area contributed by atoms with Crippen molar-refractivity contribution in [3.8, 4) is 0 Å². The van der Waals surface area contributed by atoms with Crippen LogP contribution in [-0.2, 0) is 0 Å². The quantitative estimate of drug-likeness (QED) is 0.525. The van der Waals surface area contributed by atoms with E-state index < -0.39 is 0 Å². The number of hydrogen-bond acceptors (Lipinski definition) is 1. The molecule has 0 rings (SSSR count). The topological polar surface area (TPSA) is 32.3 Å². The van der Waals surface area contributed by atoms with Crippen LogP contribution in [0, 0.1) is 0 Å². The van der Waals surface area contributed by atoms with Crippen molar-refractivity contribution in [3.63, 3.8) is 0 Å². The van der Waals surface area contributed by atoms with Gasteiger partial charge in [-0.2, -0.15) is 0 Å². The minimum absolute atomic E-state index is 0.0331. The molecule has 0 aliphatic heterocycles. The maximum atomic E-state index is 11.6. The Morgan fingerprint density at radius 2 is 1.93 bits per heavy atom. The van der Waals surface area contributed by atoms with E-state index >= 15 is 0 Å².